The zero-order chi connectivity index (χ0) is 22.1. The first-order valence-corrected chi connectivity index (χ1v) is 10.4. The van der Waals surface area contributed by atoms with E-state index in [9.17, 15) is 13.6 Å². The van der Waals surface area contributed by atoms with Crippen LogP contribution in [0.1, 0.15) is 34.1 Å². The summed E-state index contributed by atoms with van der Waals surface area (Å²) in [5.74, 6) is -0.655. The van der Waals surface area contributed by atoms with Crippen molar-refractivity contribution in [2.75, 3.05) is 44.2 Å². The summed E-state index contributed by atoms with van der Waals surface area (Å²) in [6.07, 6.45) is 0.483. The number of hydrogen-bond acceptors (Lipinski definition) is 4. The van der Waals surface area contributed by atoms with Gasteiger partial charge in [0.2, 0.25) is 0 Å². The van der Waals surface area contributed by atoms with Gasteiger partial charge in [0.1, 0.15) is 5.60 Å². The van der Waals surface area contributed by atoms with Crippen molar-refractivity contribution < 1.29 is 18.3 Å². The molecule has 1 amide bonds. The summed E-state index contributed by atoms with van der Waals surface area (Å²) in [6, 6.07) is 4.01. The number of benzene rings is 1. The van der Waals surface area contributed by atoms with Gasteiger partial charge in [0.05, 0.1) is 0 Å². The van der Waals surface area contributed by atoms with Crippen LogP contribution in [0.25, 0.3) is 0 Å². The van der Waals surface area contributed by atoms with Crippen molar-refractivity contribution in [3.8, 4) is 0 Å². The van der Waals surface area contributed by atoms with Crippen LogP contribution >= 0.6 is 24.0 Å². The highest BCUT2D eigenvalue weighted by atomic mass is 127. The fraction of sp³-hybridized carbons (Fsp3) is 0.619. The fourth-order valence-electron chi connectivity index (χ4n) is 3.12. The van der Waals surface area contributed by atoms with Crippen molar-refractivity contribution in [2.24, 2.45) is 10.9 Å². The van der Waals surface area contributed by atoms with E-state index in [-0.39, 0.29) is 24.0 Å². The number of nitrogens with zero attached hydrogens (tertiary/aromatic N) is 2. The van der Waals surface area contributed by atoms with Crippen molar-refractivity contribution in [1.82, 2.24) is 16.0 Å². The van der Waals surface area contributed by atoms with Gasteiger partial charge in [-0.3, -0.25) is 4.99 Å². The van der Waals surface area contributed by atoms with Crippen LogP contribution in [0, 0.1) is 17.6 Å². The number of guanidine groups is 1. The number of carbonyl (C=O) groups is 1. The van der Waals surface area contributed by atoms with E-state index in [1.165, 1.54) is 6.07 Å². The molecule has 1 atom stereocenters. The van der Waals surface area contributed by atoms with Crippen LogP contribution in [0.4, 0.5) is 19.3 Å². The van der Waals surface area contributed by atoms with E-state index >= 15 is 0 Å². The smallest absolute Gasteiger partial charge is 0.407 e. The molecular formula is C21H34F2IN5O2. The molecule has 10 heteroatoms. The lowest BCUT2D eigenvalue weighted by Gasteiger charge is -2.20. The molecule has 0 radical (unpaired) electrons. The molecule has 2 rings (SSSR count). The van der Waals surface area contributed by atoms with Crippen LogP contribution in [-0.4, -0.2) is 56.9 Å². The zero-order valence-electron chi connectivity index (χ0n) is 18.6. The number of aliphatic imine (C=N–C) groups is 1. The van der Waals surface area contributed by atoms with Crippen LogP contribution in [0.3, 0.4) is 0 Å². The van der Waals surface area contributed by atoms with E-state index in [1.54, 1.807) is 6.07 Å². The third-order valence-electron chi connectivity index (χ3n) is 4.49. The Bertz CT molecular complexity index is 743. The maximum Gasteiger partial charge on any atom is 0.407 e. The van der Waals surface area contributed by atoms with E-state index in [0.717, 1.165) is 32.1 Å². The van der Waals surface area contributed by atoms with Crippen molar-refractivity contribution in [2.45, 2.75) is 39.7 Å². The van der Waals surface area contributed by atoms with Crippen molar-refractivity contribution in [3.63, 3.8) is 0 Å². The van der Waals surface area contributed by atoms with Gasteiger partial charge in [-0.2, -0.15) is 0 Å². The Morgan fingerprint density at radius 1 is 1.19 bits per heavy atom. The van der Waals surface area contributed by atoms with E-state index in [1.807, 2.05) is 32.6 Å². The monoisotopic (exact) mass is 553 g/mol. The summed E-state index contributed by atoms with van der Waals surface area (Å²) in [5, 5.41) is 9.06. The Morgan fingerprint density at radius 3 is 2.55 bits per heavy atom. The average molecular weight is 553 g/mol. The molecule has 1 unspecified atom stereocenters. The lowest BCUT2D eigenvalue weighted by Crippen LogP contribution is -2.42. The average Bonchev–Trinajstić information content (AvgIpc) is 3.13. The van der Waals surface area contributed by atoms with Gasteiger partial charge >= 0.3 is 6.09 Å². The number of rotatable bonds is 7. The highest BCUT2D eigenvalue weighted by molar-refractivity contribution is 14.0. The number of hydrogen-bond donors (Lipinski definition) is 3. The Balaban J connectivity index is 0.00000480. The van der Waals surface area contributed by atoms with Gasteiger partial charge < -0.3 is 25.6 Å². The van der Waals surface area contributed by atoms with Gasteiger partial charge in [0.15, 0.2) is 17.6 Å². The fourth-order valence-corrected chi connectivity index (χ4v) is 3.12. The molecule has 31 heavy (non-hydrogen) atoms. The van der Waals surface area contributed by atoms with Crippen LogP contribution in [-0.2, 0) is 4.74 Å². The van der Waals surface area contributed by atoms with E-state index in [4.69, 9.17) is 4.74 Å². The highest BCUT2D eigenvalue weighted by Crippen LogP contribution is 2.25. The summed E-state index contributed by atoms with van der Waals surface area (Å²) in [7, 11) is 0. The summed E-state index contributed by atoms with van der Waals surface area (Å²) in [5.41, 5.74) is 0.168. The SMILES string of the molecule is CCNC(=NCC1CCN(c2ccc(F)c(F)c2)C1)NCCNC(=O)OC(C)(C)C.I. The molecule has 1 aliphatic heterocycles. The largest absolute Gasteiger partial charge is 0.444 e. The van der Waals surface area contributed by atoms with Crippen molar-refractivity contribution in [3.05, 3.63) is 29.8 Å². The van der Waals surface area contributed by atoms with Crippen LogP contribution in [0.15, 0.2) is 23.2 Å². The van der Waals surface area contributed by atoms with Gasteiger partial charge in [0, 0.05) is 51.0 Å². The van der Waals surface area contributed by atoms with Crippen LogP contribution in [0.2, 0.25) is 0 Å². The summed E-state index contributed by atoms with van der Waals surface area (Å²) < 4.78 is 31.8. The summed E-state index contributed by atoms with van der Waals surface area (Å²) >= 11 is 0. The van der Waals surface area contributed by atoms with Gasteiger partial charge in [-0.05, 0) is 52.2 Å². The van der Waals surface area contributed by atoms with Gasteiger partial charge in [-0.25, -0.2) is 13.6 Å². The van der Waals surface area contributed by atoms with Crippen molar-refractivity contribution in [1.29, 1.82) is 0 Å². The van der Waals surface area contributed by atoms with Crippen molar-refractivity contribution >= 4 is 41.7 Å². The first-order chi connectivity index (χ1) is 14.2. The molecule has 1 aliphatic rings. The minimum absolute atomic E-state index is 0. The lowest BCUT2D eigenvalue weighted by molar-refractivity contribution is 0.0529. The number of alkyl carbamates (subject to hydrolysis) is 1. The van der Waals surface area contributed by atoms with E-state index in [2.05, 4.69) is 20.9 Å². The molecule has 1 heterocycles. The topological polar surface area (TPSA) is 78.0 Å². The Labute approximate surface area is 200 Å². The van der Waals surface area contributed by atoms with Gasteiger partial charge in [-0.1, -0.05) is 0 Å². The minimum Gasteiger partial charge on any atom is -0.444 e. The molecule has 0 bridgehead atoms. The first-order valence-electron chi connectivity index (χ1n) is 10.4. The standard InChI is InChI=1S/C21H33F2N5O2.HI/c1-5-24-19(25-9-10-26-20(29)30-21(2,3)4)27-13-15-8-11-28(14-15)16-6-7-17(22)18(23)12-16;/h6-7,12,15H,5,8-11,13-14H2,1-4H3,(H,26,29)(H2,24,25,27);1H. The van der Waals surface area contributed by atoms with Crippen LogP contribution < -0.4 is 20.9 Å². The maximum atomic E-state index is 13.5. The van der Waals surface area contributed by atoms with Gasteiger partial charge in [-0.15, -0.1) is 24.0 Å². The second-order valence-corrected chi connectivity index (χ2v) is 8.27. The third kappa shape index (κ3) is 9.88. The Morgan fingerprint density at radius 2 is 1.90 bits per heavy atom. The Hall–Kier alpha value is -1.85. The molecule has 0 aliphatic carbocycles. The van der Waals surface area contributed by atoms with E-state index < -0.39 is 23.3 Å². The number of ether oxygens (including phenoxy) is 1. The number of nitrogens with one attached hydrogen (secondary N) is 3. The molecule has 0 saturated carbocycles. The molecule has 1 aromatic rings. The Kier molecular flexibility index (Phi) is 11.3. The second kappa shape index (κ2) is 12.9. The number of halogens is 3. The minimum atomic E-state index is -0.832. The third-order valence-corrected chi connectivity index (χ3v) is 4.49. The normalized spacial score (nSPS) is 16.5. The second-order valence-electron chi connectivity index (χ2n) is 8.27. The van der Waals surface area contributed by atoms with Gasteiger partial charge in [0.25, 0.3) is 0 Å². The predicted molar refractivity (Wildman–Crippen MR) is 130 cm³/mol. The first kappa shape index (κ1) is 27.2. The number of amides is 1. The predicted octanol–water partition coefficient (Wildman–Crippen LogP) is 3.49. The van der Waals surface area contributed by atoms with E-state index in [0.29, 0.717) is 37.2 Å². The molecule has 3 N–H and O–H groups in total. The number of anilines is 1. The maximum absolute atomic E-state index is 13.5. The molecule has 1 aromatic carbocycles. The summed E-state index contributed by atoms with van der Waals surface area (Å²) in [6.45, 7) is 11.2. The molecule has 0 aromatic heterocycles. The molecule has 1 saturated heterocycles. The number of carbonyl (C=O) groups excluding carboxylic acids is 1. The molecule has 176 valence electrons. The molecular weight excluding hydrogens is 519 g/mol. The zero-order valence-corrected chi connectivity index (χ0v) is 21.0. The molecule has 7 nitrogen and oxygen atoms in total. The molecule has 1 fully saturated rings. The lowest BCUT2D eigenvalue weighted by atomic mass is 10.1. The summed E-state index contributed by atoms with van der Waals surface area (Å²) in [4.78, 5) is 18.3. The molecule has 0 spiro atoms. The quantitative estimate of drug-likeness (QED) is 0.209. The van der Waals surface area contributed by atoms with Crippen LogP contribution in [0.5, 0.6) is 0 Å². The highest BCUT2D eigenvalue weighted by Gasteiger charge is 2.23.